The number of aromatic nitrogens is 1. The molecule has 7 heteroatoms. The monoisotopic (exact) mass is 360 g/mol. The van der Waals surface area contributed by atoms with E-state index in [-0.39, 0.29) is 6.42 Å². The summed E-state index contributed by atoms with van der Waals surface area (Å²) in [4.78, 5) is 42.3. The third-order valence-corrected chi connectivity index (χ3v) is 5.39. The molecular formula is C20H16N4O3. The van der Waals surface area contributed by atoms with Crippen molar-refractivity contribution in [2.45, 2.75) is 18.5 Å². The minimum absolute atomic E-state index is 0.270. The van der Waals surface area contributed by atoms with Gasteiger partial charge in [0.2, 0.25) is 5.91 Å². The van der Waals surface area contributed by atoms with Gasteiger partial charge >= 0.3 is 11.8 Å². The molecule has 2 atom stereocenters. The summed E-state index contributed by atoms with van der Waals surface area (Å²) in [7, 11) is 0. The van der Waals surface area contributed by atoms with Crippen LogP contribution in [0, 0.1) is 0 Å². The maximum Gasteiger partial charge on any atom is 0.313 e. The van der Waals surface area contributed by atoms with Gasteiger partial charge in [0, 0.05) is 34.3 Å². The van der Waals surface area contributed by atoms with E-state index in [1.165, 1.54) is 4.90 Å². The SMILES string of the molecule is NC(=O)[C@@H]1Cc2c([nH]c3ccccc23)C2c3ccccc3NC(=O)C(=O)N21. The van der Waals surface area contributed by atoms with Gasteiger partial charge in [-0.1, -0.05) is 36.4 Å². The van der Waals surface area contributed by atoms with E-state index in [0.717, 1.165) is 27.7 Å². The van der Waals surface area contributed by atoms with Crippen molar-refractivity contribution in [3.05, 3.63) is 65.4 Å². The number of nitrogens with two attached hydrogens (primary N) is 1. The normalized spacial score (nSPS) is 21.1. The van der Waals surface area contributed by atoms with Crippen molar-refractivity contribution in [2.24, 2.45) is 5.73 Å². The van der Waals surface area contributed by atoms with Crippen molar-refractivity contribution in [1.29, 1.82) is 0 Å². The predicted octanol–water partition coefficient (Wildman–Crippen LogP) is 1.45. The molecule has 3 heterocycles. The number of aromatic amines is 1. The molecule has 134 valence electrons. The van der Waals surface area contributed by atoms with Crippen molar-refractivity contribution >= 4 is 34.3 Å². The Balaban J connectivity index is 1.85. The molecule has 0 saturated carbocycles. The molecule has 0 aliphatic carbocycles. The Morgan fingerprint density at radius 1 is 1.07 bits per heavy atom. The van der Waals surface area contributed by atoms with E-state index in [1.54, 1.807) is 12.1 Å². The molecule has 0 bridgehead atoms. The molecule has 1 unspecified atom stereocenters. The van der Waals surface area contributed by atoms with Crippen LogP contribution >= 0.6 is 0 Å². The van der Waals surface area contributed by atoms with E-state index in [9.17, 15) is 14.4 Å². The van der Waals surface area contributed by atoms with Crippen molar-refractivity contribution in [3.8, 4) is 0 Å². The lowest BCUT2D eigenvalue weighted by atomic mass is 9.87. The van der Waals surface area contributed by atoms with Crippen LogP contribution in [0.3, 0.4) is 0 Å². The third-order valence-electron chi connectivity index (χ3n) is 5.39. The summed E-state index contributed by atoms with van der Waals surface area (Å²) in [5, 5.41) is 3.65. The van der Waals surface area contributed by atoms with Gasteiger partial charge in [0.15, 0.2) is 0 Å². The number of carbonyl (C=O) groups is 3. The summed E-state index contributed by atoms with van der Waals surface area (Å²) in [6, 6.07) is 13.5. The fourth-order valence-electron chi connectivity index (χ4n) is 4.23. The van der Waals surface area contributed by atoms with Crippen LogP contribution in [-0.4, -0.2) is 33.6 Å². The summed E-state index contributed by atoms with van der Waals surface area (Å²) in [6.07, 6.45) is 0.270. The molecule has 0 spiro atoms. The lowest BCUT2D eigenvalue weighted by Crippen LogP contribution is -2.55. The minimum Gasteiger partial charge on any atom is -0.368 e. The number of nitrogens with zero attached hydrogens (tertiary/aromatic N) is 1. The molecule has 2 aromatic carbocycles. The highest BCUT2D eigenvalue weighted by Gasteiger charge is 2.46. The molecule has 5 rings (SSSR count). The number of primary amides is 1. The van der Waals surface area contributed by atoms with Gasteiger partial charge in [-0.3, -0.25) is 14.4 Å². The number of rotatable bonds is 1. The molecule has 0 radical (unpaired) electrons. The van der Waals surface area contributed by atoms with E-state index < -0.39 is 29.8 Å². The van der Waals surface area contributed by atoms with Crippen LogP contribution in [-0.2, 0) is 20.8 Å². The molecule has 0 fully saturated rings. The molecule has 2 aliphatic heterocycles. The summed E-state index contributed by atoms with van der Waals surface area (Å²) in [5.41, 5.74) is 9.63. The molecule has 2 aliphatic rings. The topological polar surface area (TPSA) is 108 Å². The van der Waals surface area contributed by atoms with Crippen LogP contribution in [0.2, 0.25) is 0 Å². The Bertz CT molecular complexity index is 1130. The number of fused-ring (bicyclic) bond motifs is 7. The van der Waals surface area contributed by atoms with Crippen molar-refractivity contribution in [1.82, 2.24) is 9.88 Å². The van der Waals surface area contributed by atoms with Crippen LogP contribution < -0.4 is 11.1 Å². The summed E-state index contributed by atoms with van der Waals surface area (Å²) in [6.45, 7) is 0. The fraction of sp³-hybridized carbons (Fsp3) is 0.150. The van der Waals surface area contributed by atoms with Gasteiger partial charge in [0.1, 0.15) is 12.1 Å². The Labute approximate surface area is 154 Å². The second kappa shape index (κ2) is 5.44. The fourth-order valence-corrected chi connectivity index (χ4v) is 4.23. The predicted molar refractivity (Wildman–Crippen MR) is 98.7 cm³/mol. The van der Waals surface area contributed by atoms with E-state index in [1.807, 2.05) is 36.4 Å². The van der Waals surface area contributed by atoms with E-state index in [0.29, 0.717) is 5.69 Å². The number of hydrogen-bond donors (Lipinski definition) is 3. The molecule has 7 nitrogen and oxygen atoms in total. The summed E-state index contributed by atoms with van der Waals surface area (Å²) < 4.78 is 0. The van der Waals surface area contributed by atoms with E-state index in [2.05, 4.69) is 10.3 Å². The van der Waals surface area contributed by atoms with Gasteiger partial charge in [0.05, 0.1) is 0 Å². The molecule has 27 heavy (non-hydrogen) atoms. The van der Waals surface area contributed by atoms with Crippen LogP contribution in [0.25, 0.3) is 10.9 Å². The third kappa shape index (κ3) is 2.11. The first-order valence-corrected chi connectivity index (χ1v) is 8.67. The number of para-hydroxylation sites is 2. The highest BCUT2D eigenvalue weighted by molar-refractivity contribution is 6.40. The zero-order valence-corrected chi connectivity index (χ0v) is 14.2. The number of H-pyrrole nitrogens is 1. The zero-order chi connectivity index (χ0) is 18.7. The molecule has 4 N–H and O–H groups in total. The average Bonchev–Trinajstić information content (AvgIpc) is 2.99. The zero-order valence-electron chi connectivity index (χ0n) is 14.2. The number of hydrogen-bond acceptors (Lipinski definition) is 3. The maximum atomic E-state index is 12.9. The van der Waals surface area contributed by atoms with Crippen LogP contribution in [0.5, 0.6) is 0 Å². The first-order chi connectivity index (χ1) is 13.1. The quantitative estimate of drug-likeness (QED) is 0.572. The number of carbonyl (C=O) groups excluding carboxylic acids is 3. The standard InChI is InChI=1S/C20H16N4O3/c21-18(25)15-9-12-10-5-1-3-7-13(10)22-16(12)17-11-6-2-4-8-14(11)23-19(26)20(27)24(15)17/h1-8,15,17,22H,9H2,(H2,21,25)(H,23,26)/t15-,17?/m0/s1. The first kappa shape index (κ1) is 15.6. The highest BCUT2D eigenvalue weighted by Crippen LogP contribution is 2.44. The smallest absolute Gasteiger partial charge is 0.313 e. The van der Waals surface area contributed by atoms with Crippen LogP contribution in [0.15, 0.2) is 48.5 Å². The first-order valence-electron chi connectivity index (χ1n) is 8.67. The summed E-state index contributed by atoms with van der Waals surface area (Å²) >= 11 is 0. The highest BCUT2D eigenvalue weighted by atomic mass is 16.2. The van der Waals surface area contributed by atoms with Gasteiger partial charge in [-0.05, 0) is 17.7 Å². The number of amides is 3. The largest absolute Gasteiger partial charge is 0.368 e. The lowest BCUT2D eigenvalue weighted by molar-refractivity contribution is -0.149. The van der Waals surface area contributed by atoms with Gasteiger partial charge in [-0.2, -0.15) is 0 Å². The Hall–Kier alpha value is -3.61. The van der Waals surface area contributed by atoms with E-state index in [4.69, 9.17) is 5.73 Å². The average molecular weight is 360 g/mol. The minimum atomic E-state index is -0.897. The number of nitrogens with one attached hydrogen (secondary N) is 2. The van der Waals surface area contributed by atoms with Crippen molar-refractivity contribution < 1.29 is 14.4 Å². The van der Waals surface area contributed by atoms with Crippen molar-refractivity contribution in [2.75, 3.05) is 5.32 Å². The maximum absolute atomic E-state index is 12.9. The molecule has 0 saturated heterocycles. The van der Waals surface area contributed by atoms with Crippen LogP contribution in [0.4, 0.5) is 5.69 Å². The van der Waals surface area contributed by atoms with Gasteiger partial charge in [-0.25, -0.2) is 0 Å². The second-order valence-electron chi connectivity index (χ2n) is 6.84. The van der Waals surface area contributed by atoms with E-state index >= 15 is 0 Å². The molecular weight excluding hydrogens is 344 g/mol. The second-order valence-corrected chi connectivity index (χ2v) is 6.84. The summed E-state index contributed by atoms with van der Waals surface area (Å²) in [5.74, 6) is -2.16. The number of benzene rings is 2. The number of anilines is 1. The molecule has 3 aromatic rings. The van der Waals surface area contributed by atoms with Crippen LogP contribution in [0.1, 0.15) is 22.9 Å². The van der Waals surface area contributed by atoms with Gasteiger partial charge in [0.25, 0.3) is 0 Å². The Morgan fingerprint density at radius 2 is 1.81 bits per heavy atom. The van der Waals surface area contributed by atoms with Crippen molar-refractivity contribution in [3.63, 3.8) is 0 Å². The molecule has 1 aromatic heterocycles. The lowest BCUT2D eigenvalue weighted by Gasteiger charge is -2.39. The van der Waals surface area contributed by atoms with Gasteiger partial charge < -0.3 is 20.9 Å². The Kier molecular flexibility index (Phi) is 3.15. The molecule has 3 amide bonds. The van der Waals surface area contributed by atoms with Gasteiger partial charge in [-0.15, -0.1) is 0 Å². The Morgan fingerprint density at radius 3 is 2.63 bits per heavy atom.